The number of nitrogens with zero attached hydrogens (tertiary/aromatic N) is 1. The van der Waals surface area contributed by atoms with Gasteiger partial charge in [-0.25, -0.2) is 9.59 Å². The van der Waals surface area contributed by atoms with E-state index in [2.05, 4.69) is 0 Å². The van der Waals surface area contributed by atoms with E-state index < -0.39 is 17.7 Å². The van der Waals surface area contributed by atoms with Crippen molar-refractivity contribution in [3.05, 3.63) is 53.1 Å². The first-order valence-electron chi connectivity index (χ1n) is 11.9. The Balaban J connectivity index is 1.92. The van der Waals surface area contributed by atoms with E-state index >= 15 is 0 Å². The normalized spacial score (nSPS) is 13.6. The summed E-state index contributed by atoms with van der Waals surface area (Å²) in [5.41, 5.74) is 2.03. The Morgan fingerprint density at radius 1 is 0.892 bits per heavy atom. The van der Waals surface area contributed by atoms with Crippen LogP contribution in [0.5, 0.6) is 23.0 Å². The minimum Gasteiger partial charge on any atom is -0.497 e. The van der Waals surface area contributed by atoms with Gasteiger partial charge in [0.15, 0.2) is 0 Å². The van der Waals surface area contributed by atoms with Crippen LogP contribution in [0.15, 0.2) is 42.0 Å². The Labute approximate surface area is 217 Å². The standard InChI is InChI=1S/C28H35NO8/c1-28(2,3)37-27(31)29-11-10-22(24(16-29)26(30)35-7)23-15-19(8-9-25(23)34-6)36-17-18-12-20(32-4)14-21(13-18)33-5/h8-9,12-15H,10-11,16-17H2,1-7H3. The lowest BCUT2D eigenvalue weighted by Crippen LogP contribution is -2.42. The summed E-state index contributed by atoms with van der Waals surface area (Å²) in [5, 5.41) is 0. The summed E-state index contributed by atoms with van der Waals surface area (Å²) in [6.07, 6.45) is -0.0675. The Bertz CT molecular complexity index is 1140. The van der Waals surface area contributed by atoms with E-state index in [0.717, 1.165) is 11.1 Å². The molecule has 1 aliphatic heterocycles. The number of esters is 1. The van der Waals surface area contributed by atoms with Gasteiger partial charge >= 0.3 is 12.1 Å². The molecule has 0 saturated heterocycles. The number of benzene rings is 2. The van der Waals surface area contributed by atoms with Crippen LogP contribution >= 0.6 is 0 Å². The van der Waals surface area contributed by atoms with Crippen LogP contribution < -0.4 is 18.9 Å². The average Bonchev–Trinajstić information content (AvgIpc) is 2.89. The highest BCUT2D eigenvalue weighted by Gasteiger charge is 2.31. The van der Waals surface area contributed by atoms with E-state index in [4.69, 9.17) is 28.4 Å². The van der Waals surface area contributed by atoms with Gasteiger partial charge in [0.1, 0.15) is 35.2 Å². The van der Waals surface area contributed by atoms with Crippen molar-refractivity contribution in [2.24, 2.45) is 0 Å². The van der Waals surface area contributed by atoms with Crippen molar-refractivity contribution in [1.82, 2.24) is 4.90 Å². The molecule has 0 saturated carbocycles. The number of rotatable bonds is 8. The highest BCUT2D eigenvalue weighted by atomic mass is 16.6. The van der Waals surface area contributed by atoms with Crippen LogP contribution in [-0.4, -0.2) is 64.1 Å². The Morgan fingerprint density at radius 2 is 1.57 bits per heavy atom. The van der Waals surface area contributed by atoms with Crippen molar-refractivity contribution in [2.45, 2.75) is 39.4 Å². The van der Waals surface area contributed by atoms with Crippen LogP contribution in [0, 0.1) is 0 Å². The van der Waals surface area contributed by atoms with Crippen molar-refractivity contribution in [3.8, 4) is 23.0 Å². The number of amides is 1. The molecule has 37 heavy (non-hydrogen) atoms. The van der Waals surface area contributed by atoms with Gasteiger partial charge in [-0.1, -0.05) is 0 Å². The summed E-state index contributed by atoms with van der Waals surface area (Å²) in [5.74, 6) is 1.98. The fraction of sp³-hybridized carbons (Fsp3) is 0.429. The lowest BCUT2D eigenvalue weighted by molar-refractivity contribution is -0.136. The molecule has 0 unspecified atom stereocenters. The van der Waals surface area contributed by atoms with Gasteiger partial charge in [-0.2, -0.15) is 0 Å². The predicted octanol–water partition coefficient (Wildman–Crippen LogP) is 4.86. The molecule has 2 aromatic rings. The first-order valence-corrected chi connectivity index (χ1v) is 11.9. The first kappa shape index (κ1) is 27.7. The number of carbonyl (C=O) groups excluding carboxylic acids is 2. The molecule has 0 atom stereocenters. The monoisotopic (exact) mass is 513 g/mol. The summed E-state index contributed by atoms with van der Waals surface area (Å²) in [7, 11) is 6.07. The van der Waals surface area contributed by atoms with Crippen LogP contribution in [-0.2, 0) is 20.9 Å². The topological polar surface area (TPSA) is 92.8 Å². The molecule has 200 valence electrons. The number of ether oxygens (including phenoxy) is 6. The largest absolute Gasteiger partial charge is 0.497 e. The SMILES string of the molecule is COC(=O)C1=C(c2cc(OCc3cc(OC)cc(OC)c3)ccc2OC)CCN(C(=O)OC(C)(C)C)C1. The van der Waals surface area contributed by atoms with Crippen molar-refractivity contribution < 1.29 is 38.0 Å². The summed E-state index contributed by atoms with van der Waals surface area (Å²) in [6.45, 7) is 6.12. The molecule has 1 heterocycles. The predicted molar refractivity (Wildman–Crippen MR) is 138 cm³/mol. The molecule has 0 spiro atoms. The van der Waals surface area contributed by atoms with Crippen LogP contribution in [0.3, 0.4) is 0 Å². The molecule has 0 aliphatic carbocycles. The van der Waals surface area contributed by atoms with Crippen LogP contribution in [0.2, 0.25) is 0 Å². The quantitative estimate of drug-likeness (QED) is 0.462. The van der Waals surface area contributed by atoms with Crippen LogP contribution in [0.25, 0.3) is 5.57 Å². The van der Waals surface area contributed by atoms with E-state index in [1.54, 1.807) is 60.3 Å². The lowest BCUT2D eigenvalue weighted by Gasteiger charge is -2.32. The van der Waals surface area contributed by atoms with E-state index in [-0.39, 0.29) is 13.2 Å². The third kappa shape index (κ3) is 7.09. The molecule has 0 bridgehead atoms. The average molecular weight is 514 g/mol. The number of carbonyl (C=O) groups is 2. The Kier molecular flexibility index (Phi) is 8.91. The number of hydrogen-bond donors (Lipinski definition) is 0. The molecule has 0 fully saturated rings. The molecule has 0 N–H and O–H groups in total. The molecule has 2 aromatic carbocycles. The van der Waals surface area contributed by atoms with E-state index in [1.165, 1.54) is 12.0 Å². The maximum Gasteiger partial charge on any atom is 0.410 e. The second-order valence-corrected chi connectivity index (χ2v) is 9.47. The summed E-state index contributed by atoms with van der Waals surface area (Å²) in [4.78, 5) is 26.9. The molecule has 0 radical (unpaired) electrons. The van der Waals surface area contributed by atoms with Crippen molar-refractivity contribution in [2.75, 3.05) is 41.5 Å². The number of hydrogen-bond acceptors (Lipinski definition) is 8. The van der Waals surface area contributed by atoms with Gasteiger partial charge in [0.05, 0.1) is 40.6 Å². The van der Waals surface area contributed by atoms with Gasteiger partial charge < -0.3 is 33.3 Å². The second-order valence-electron chi connectivity index (χ2n) is 9.47. The zero-order valence-corrected chi connectivity index (χ0v) is 22.5. The molecular formula is C28H35NO8. The van der Waals surface area contributed by atoms with E-state index in [9.17, 15) is 9.59 Å². The van der Waals surface area contributed by atoms with Gasteiger partial charge in [-0.3, -0.25) is 0 Å². The Morgan fingerprint density at radius 3 is 2.14 bits per heavy atom. The fourth-order valence-electron chi connectivity index (χ4n) is 3.98. The second kappa shape index (κ2) is 11.9. The van der Waals surface area contributed by atoms with Gasteiger partial charge in [0, 0.05) is 18.2 Å². The number of methoxy groups -OCH3 is 4. The highest BCUT2D eigenvalue weighted by molar-refractivity contribution is 6.00. The molecule has 9 heteroatoms. The lowest BCUT2D eigenvalue weighted by atomic mass is 9.92. The smallest absolute Gasteiger partial charge is 0.410 e. The van der Waals surface area contributed by atoms with Crippen molar-refractivity contribution in [1.29, 1.82) is 0 Å². The molecule has 1 aliphatic rings. The van der Waals surface area contributed by atoms with Gasteiger partial charge in [-0.15, -0.1) is 0 Å². The zero-order valence-electron chi connectivity index (χ0n) is 22.5. The maximum atomic E-state index is 12.8. The summed E-state index contributed by atoms with van der Waals surface area (Å²) in [6, 6.07) is 11.0. The molecule has 0 aromatic heterocycles. The fourth-order valence-corrected chi connectivity index (χ4v) is 3.98. The third-order valence-electron chi connectivity index (χ3n) is 5.74. The van der Waals surface area contributed by atoms with Crippen LogP contribution in [0.4, 0.5) is 4.79 Å². The van der Waals surface area contributed by atoms with E-state index in [1.807, 2.05) is 18.2 Å². The zero-order chi connectivity index (χ0) is 27.2. The van der Waals surface area contributed by atoms with Crippen LogP contribution in [0.1, 0.15) is 38.3 Å². The maximum absolute atomic E-state index is 12.8. The first-order chi connectivity index (χ1) is 17.6. The third-order valence-corrected chi connectivity index (χ3v) is 5.74. The van der Waals surface area contributed by atoms with Gasteiger partial charge in [0.2, 0.25) is 0 Å². The minimum absolute atomic E-state index is 0.0642. The Hall–Kier alpha value is -3.88. The van der Waals surface area contributed by atoms with Gasteiger partial charge in [0.25, 0.3) is 0 Å². The molecule has 3 rings (SSSR count). The summed E-state index contributed by atoms with van der Waals surface area (Å²) < 4.78 is 32.9. The summed E-state index contributed by atoms with van der Waals surface area (Å²) >= 11 is 0. The minimum atomic E-state index is -0.645. The molecule has 9 nitrogen and oxygen atoms in total. The van der Waals surface area contributed by atoms with Crippen molar-refractivity contribution >= 4 is 17.6 Å². The van der Waals surface area contributed by atoms with Crippen molar-refractivity contribution in [3.63, 3.8) is 0 Å². The molecule has 1 amide bonds. The van der Waals surface area contributed by atoms with E-state index in [0.29, 0.717) is 47.1 Å². The molecular weight excluding hydrogens is 478 g/mol. The van der Waals surface area contributed by atoms with Gasteiger partial charge in [-0.05, 0) is 68.7 Å². The highest BCUT2D eigenvalue weighted by Crippen LogP contribution is 2.37.